The molecular formula is C18H22ClN3O5. The van der Waals surface area contributed by atoms with Gasteiger partial charge in [-0.05, 0) is 25.0 Å². The molecule has 1 aliphatic carbocycles. The molecule has 3 atom stereocenters. The smallest absolute Gasteiger partial charge is 0.300 e. The van der Waals surface area contributed by atoms with Crippen LogP contribution in [-0.2, 0) is 16.1 Å². The van der Waals surface area contributed by atoms with Gasteiger partial charge >= 0.3 is 0 Å². The molecule has 5 N–H and O–H groups in total. The molecule has 2 aromatic rings. The maximum atomic E-state index is 12.1. The Morgan fingerprint density at radius 1 is 1.33 bits per heavy atom. The van der Waals surface area contributed by atoms with E-state index >= 15 is 0 Å². The highest BCUT2D eigenvalue weighted by atomic mass is 35.5. The van der Waals surface area contributed by atoms with Crippen molar-refractivity contribution in [3.8, 4) is 11.3 Å². The lowest BCUT2D eigenvalue weighted by Crippen LogP contribution is -2.30. The van der Waals surface area contributed by atoms with E-state index in [1.165, 1.54) is 0 Å². The summed E-state index contributed by atoms with van der Waals surface area (Å²) in [6.45, 7) is 1.33. The van der Waals surface area contributed by atoms with Gasteiger partial charge in [-0.25, -0.2) is 0 Å². The number of hydrogen-bond donors (Lipinski definition) is 4. The topological polar surface area (TPSA) is 139 Å². The highest BCUT2D eigenvalue weighted by Gasteiger charge is 2.34. The van der Waals surface area contributed by atoms with Crippen molar-refractivity contribution in [3.63, 3.8) is 0 Å². The van der Waals surface area contributed by atoms with Crippen molar-refractivity contribution in [2.75, 3.05) is 0 Å². The zero-order valence-electron chi connectivity index (χ0n) is 14.8. The van der Waals surface area contributed by atoms with E-state index < -0.39 is 12.1 Å². The quantitative estimate of drug-likeness (QED) is 0.619. The Morgan fingerprint density at radius 2 is 1.96 bits per heavy atom. The second kappa shape index (κ2) is 9.50. The fourth-order valence-electron chi connectivity index (χ4n) is 2.73. The van der Waals surface area contributed by atoms with E-state index in [1.54, 1.807) is 18.2 Å². The van der Waals surface area contributed by atoms with Crippen molar-refractivity contribution in [3.05, 3.63) is 41.1 Å². The van der Waals surface area contributed by atoms with Gasteiger partial charge in [-0.1, -0.05) is 28.9 Å². The second-order valence-electron chi connectivity index (χ2n) is 6.32. The first-order valence-corrected chi connectivity index (χ1v) is 8.76. The highest BCUT2D eigenvalue weighted by Crippen LogP contribution is 2.25. The van der Waals surface area contributed by atoms with Crippen LogP contribution in [0.4, 0.5) is 0 Å². The molecule has 0 spiro atoms. The summed E-state index contributed by atoms with van der Waals surface area (Å²) >= 11 is 5.85. The molecule has 146 valence electrons. The van der Waals surface area contributed by atoms with Gasteiger partial charge in [0.1, 0.15) is 5.69 Å². The molecule has 1 aromatic heterocycles. The van der Waals surface area contributed by atoms with E-state index in [2.05, 4.69) is 10.5 Å². The third-order valence-corrected chi connectivity index (χ3v) is 4.34. The molecule has 27 heavy (non-hydrogen) atoms. The summed E-state index contributed by atoms with van der Waals surface area (Å²) in [5.41, 5.74) is 7.30. The van der Waals surface area contributed by atoms with E-state index in [1.807, 2.05) is 12.1 Å². The SMILES string of the molecule is CC(=O)O.N[C@H]1C[C@H](C(=O)NCc2cc(-c3ccc(Cl)cc3)no2)C[C@@H]1O. The van der Waals surface area contributed by atoms with Crippen LogP contribution >= 0.6 is 11.6 Å². The zero-order valence-corrected chi connectivity index (χ0v) is 15.5. The number of rotatable bonds is 4. The summed E-state index contributed by atoms with van der Waals surface area (Å²) in [5.74, 6) is -0.647. The molecule has 1 aromatic carbocycles. The molecule has 0 aliphatic heterocycles. The van der Waals surface area contributed by atoms with Crippen LogP contribution < -0.4 is 11.1 Å². The van der Waals surface area contributed by atoms with Gasteiger partial charge in [0.05, 0.1) is 12.6 Å². The number of aromatic nitrogens is 1. The third kappa shape index (κ3) is 6.35. The van der Waals surface area contributed by atoms with Crippen LogP contribution in [0.15, 0.2) is 34.9 Å². The lowest BCUT2D eigenvalue weighted by atomic mass is 10.1. The Kier molecular flexibility index (Phi) is 7.35. The van der Waals surface area contributed by atoms with Gasteiger partial charge in [0.2, 0.25) is 5.91 Å². The molecule has 0 unspecified atom stereocenters. The Hall–Kier alpha value is -2.42. The second-order valence-corrected chi connectivity index (χ2v) is 6.76. The number of aliphatic carboxylic acids is 1. The lowest BCUT2D eigenvalue weighted by molar-refractivity contribution is -0.134. The van der Waals surface area contributed by atoms with Gasteiger partial charge in [0.15, 0.2) is 5.76 Å². The lowest BCUT2D eigenvalue weighted by Gasteiger charge is -2.08. The minimum absolute atomic E-state index is 0.124. The van der Waals surface area contributed by atoms with Crippen molar-refractivity contribution < 1.29 is 24.3 Å². The van der Waals surface area contributed by atoms with Crippen molar-refractivity contribution in [1.82, 2.24) is 10.5 Å². The molecule has 3 rings (SSSR count). The summed E-state index contributed by atoms with van der Waals surface area (Å²) in [7, 11) is 0. The number of benzene rings is 1. The molecular weight excluding hydrogens is 374 g/mol. The number of nitrogens with two attached hydrogens (primary N) is 1. The number of carboxylic acids is 1. The molecule has 0 bridgehead atoms. The number of carboxylic acid groups (broad SMARTS) is 1. The van der Waals surface area contributed by atoms with E-state index in [-0.39, 0.29) is 24.4 Å². The van der Waals surface area contributed by atoms with Crippen LogP contribution in [0.2, 0.25) is 5.02 Å². The molecule has 0 saturated heterocycles. The van der Waals surface area contributed by atoms with Crippen LogP contribution in [0.5, 0.6) is 0 Å². The third-order valence-electron chi connectivity index (χ3n) is 4.08. The monoisotopic (exact) mass is 395 g/mol. The summed E-state index contributed by atoms with van der Waals surface area (Å²) in [4.78, 5) is 21.1. The zero-order chi connectivity index (χ0) is 20.0. The number of halogens is 1. The van der Waals surface area contributed by atoms with Crippen molar-refractivity contribution >= 4 is 23.5 Å². The number of aliphatic hydroxyl groups is 1. The largest absolute Gasteiger partial charge is 0.481 e. The highest BCUT2D eigenvalue weighted by molar-refractivity contribution is 6.30. The standard InChI is InChI=1S/C16H18ClN3O3.C2H4O2/c17-11-3-1-9(2-4-11)14-7-12(23-20-14)8-19-16(22)10-5-13(18)15(21)6-10;1-2(3)4/h1-4,7,10,13,15,21H,5-6,8,18H2,(H,19,22);1H3,(H,3,4)/t10-,13-,15-;/m0./s1. The van der Waals surface area contributed by atoms with Gasteiger partial charge < -0.3 is 25.8 Å². The summed E-state index contributed by atoms with van der Waals surface area (Å²) in [5, 5.41) is 24.5. The number of aliphatic hydroxyl groups excluding tert-OH is 1. The van der Waals surface area contributed by atoms with Gasteiger partial charge in [0, 0.05) is 35.5 Å². The molecule has 0 radical (unpaired) electrons. The minimum atomic E-state index is -0.833. The number of nitrogens with one attached hydrogen (secondary N) is 1. The van der Waals surface area contributed by atoms with E-state index in [4.69, 9.17) is 31.8 Å². The van der Waals surface area contributed by atoms with Crippen molar-refractivity contribution in [2.45, 2.75) is 38.5 Å². The number of carbonyl (C=O) groups is 2. The Bertz CT molecular complexity index is 764. The summed E-state index contributed by atoms with van der Waals surface area (Å²) in [6, 6.07) is 8.71. The normalized spacial score (nSPS) is 21.3. The van der Waals surface area contributed by atoms with Crippen molar-refractivity contribution in [1.29, 1.82) is 0 Å². The molecule has 9 heteroatoms. The van der Waals surface area contributed by atoms with Gasteiger partial charge in [-0.2, -0.15) is 0 Å². The molecule has 1 amide bonds. The number of hydrogen-bond acceptors (Lipinski definition) is 6. The average Bonchev–Trinajstić information content (AvgIpc) is 3.20. The van der Waals surface area contributed by atoms with E-state index in [0.717, 1.165) is 12.5 Å². The van der Waals surface area contributed by atoms with Crippen LogP contribution in [-0.4, -0.2) is 39.4 Å². The van der Waals surface area contributed by atoms with E-state index in [9.17, 15) is 9.90 Å². The maximum Gasteiger partial charge on any atom is 0.300 e. The fourth-order valence-corrected chi connectivity index (χ4v) is 2.86. The average molecular weight is 396 g/mol. The van der Waals surface area contributed by atoms with Crippen LogP contribution in [0, 0.1) is 5.92 Å². The summed E-state index contributed by atoms with van der Waals surface area (Å²) in [6.07, 6.45) is 0.298. The van der Waals surface area contributed by atoms with E-state index in [0.29, 0.717) is 29.3 Å². The minimum Gasteiger partial charge on any atom is -0.481 e. The van der Waals surface area contributed by atoms with Crippen LogP contribution in [0.3, 0.4) is 0 Å². The van der Waals surface area contributed by atoms with Crippen LogP contribution in [0.1, 0.15) is 25.5 Å². The van der Waals surface area contributed by atoms with Gasteiger partial charge in [-0.15, -0.1) is 0 Å². The summed E-state index contributed by atoms with van der Waals surface area (Å²) < 4.78 is 5.23. The number of amides is 1. The van der Waals surface area contributed by atoms with Gasteiger partial charge in [-0.3, -0.25) is 9.59 Å². The number of nitrogens with zero attached hydrogens (tertiary/aromatic N) is 1. The Balaban J connectivity index is 0.000000596. The number of carbonyl (C=O) groups excluding carboxylic acids is 1. The molecule has 1 fully saturated rings. The first-order valence-electron chi connectivity index (χ1n) is 8.38. The molecule has 8 nitrogen and oxygen atoms in total. The molecule has 1 heterocycles. The first-order chi connectivity index (χ1) is 12.8. The fraction of sp³-hybridized carbons (Fsp3) is 0.389. The Labute approximate surface area is 161 Å². The molecule has 1 aliphatic rings. The van der Waals surface area contributed by atoms with Crippen LogP contribution in [0.25, 0.3) is 11.3 Å². The predicted octanol–water partition coefficient (Wildman–Crippen LogP) is 1.80. The molecule has 1 saturated carbocycles. The van der Waals surface area contributed by atoms with Crippen molar-refractivity contribution in [2.24, 2.45) is 11.7 Å². The Morgan fingerprint density at radius 3 is 2.52 bits per heavy atom. The van der Waals surface area contributed by atoms with Gasteiger partial charge in [0.25, 0.3) is 5.97 Å². The maximum absolute atomic E-state index is 12.1. The predicted molar refractivity (Wildman–Crippen MR) is 98.8 cm³/mol. The first kappa shape index (κ1) is 20.9.